The Hall–Kier alpha value is -3.22. The van der Waals surface area contributed by atoms with Crippen LogP contribution in [0.5, 0.6) is 0 Å². The van der Waals surface area contributed by atoms with Crippen LogP contribution in [0.15, 0.2) is 36.5 Å². The SMILES string of the molecule is Cc1cc(C)n2nc(C(=O)NCCc3c[nH]c4ccccc34)nc2n1. The number of nitrogens with zero attached hydrogens (tertiary/aromatic N) is 4. The molecule has 0 unspecified atom stereocenters. The third-order valence-electron chi connectivity index (χ3n) is 4.18. The molecule has 0 bridgehead atoms. The van der Waals surface area contributed by atoms with Crippen LogP contribution >= 0.6 is 0 Å². The number of H-pyrrole nitrogens is 1. The van der Waals surface area contributed by atoms with Gasteiger partial charge in [0.05, 0.1) is 0 Å². The van der Waals surface area contributed by atoms with Crippen molar-refractivity contribution in [3.8, 4) is 0 Å². The van der Waals surface area contributed by atoms with Gasteiger partial charge >= 0.3 is 0 Å². The smallest absolute Gasteiger partial charge is 0.291 e. The first kappa shape index (κ1) is 15.3. The molecule has 25 heavy (non-hydrogen) atoms. The van der Waals surface area contributed by atoms with Crippen molar-refractivity contribution < 1.29 is 4.79 Å². The molecule has 3 aromatic heterocycles. The van der Waals surface area contributed by atoms with E-state index in [2.05, 4.69) is 31.4 Å². The van der Waals surface area contributed by atoms with Gasteiger partial charge in [-0.15, -0.1) is 5.10 Å². The molecule has 1 aromatic carbocycles. The molecule has 0 saturated carbocycles. The zero-order valence-electron chi connectivity index (χ0n) is 14.1. The molecule has 4 rings (SSSR count). The molecular formula is C18H18N6O. The Morgan fingerprint density at radius 2 is 2.08 bits per heavy atom. The summed E-state index contributed by atoms with van der Waals surface area (Å²) in [6, 6.07) is 10.0. The van der Waals surface area contributed by atoms with E-state index in [0.717, 1.165) is 23.3 Å². The van der Waals surface area contributed by atoms with E-state index in [0.29, 0.717) is 12.3 Å². The van der Waals surface area contributed by atoms with Gasteiger partial charge in [-0.1, -0.05) is 18.2 Å². The van der Waals surface area contributed by atoms with Gasteiger partial charge in [0, 0.05) is 35.0 Å². The molecule has 7 heteroatoms. The molecule has 7 nitrogen and oxygen atoms in total. The Kier molecular flexibility index (Phi) is 3.68. The van der Waals surface area contributed by atoms with Crippen molar-refractivity contribution >= 4 is 22.6 Å². The summed E-state index contributed by atoms with van der Waals surface area (Å²) in [4.78, 5) is 24.1. The van der Waals surface area contributed by atoms with Gasteiger partial charge in [-0.3, -0.25) is 4.79 Å². The van der Waals surface area contributed by atoms with E-state index in [4.69, 9.17) is 0 Å². The highest BCUT2D eigenvalue weighted by atomic mass is 16.2. The van der Waals surface area contributed by atoms with E-state index in [-0.39, 0.29) is 11.7 Å². The predicted octanol–water partition coefficient (Wildman–Crippen LogP) is 2.19. The molecule has 4 aromatic rings. The van der Waals surface area contributed by atoms with Crippen molar-refractivity contribution in [3.05, 3.63) is 59.3 Å². The van der Waals surface area contributed by atoms with Crippen LogP contribution in [-0.2, 0) is 6.42 Å². The van der Waals surface area contributed by atoms with Gasteiger partial charge in [-0.2, -0.15) is 4.98 Å². The average molecular weight is 334 g/mol. The number of aromatic amines is 1. The topological polar surface area (TPSA) is 88.0 Å². The van der Waals surface area contributed by atoms with Crippen LogP contribution in [0, 0.1) is 13.8 Å². The largest absolute Gasteiger partial charge is 0.361 e. The second-order valence-electron chi connectivity index (χ2n) is 6.05. The fraction of sp³-hybridized carbons (Fsp3) is 0.222. The molecule has 0 aliphatic carbocycles. The molecule has 126 valence electrons. The van der Waals surface area contributed by atoms with Gasteiger partial charge in [0.25, 0.3) is 11.7 Å². The standard InChI is InChI=1S/C18H18N6O/c1-11-9-12(2)24-18(21-11)22-16(23-24)17(25)19-8-7-13-10-20-15-6-4-3-5-14(13)15/h3-6,9-10,20H,7-8H2,1-2H3,(H,19,25). The van der Waals surface area contributed by atoms with Gasteiger partial charge < -0.3 is 10.3 Å². The maximum atomic E-state index is 12.3. The van der Waals surface area contributed by atoms with Crippen LogP contribution < -0.4 is 5.32 Å². The maximum Gasteiger partial charge on any atom is 0.291 e. The van der Waals surface area contributed by atoms with Gasteiger partial charge in [0.2, 0.25) is 5.82 Å². The van der Waals surface area contributed by atoms with E-state index in [1.165, 1.54) is 10.9 Å². The maximum absolute atomic E-state index is 12.3. The average Bonchev–Trinajstić information content (AvgIpc) is 3.19. The van der Waals surface area contributed by atoms with E-state index < -0.39 is 0 Å². The summed E-state index contributed by atoms with van der Waals surface area (Å²) in [6.07, 6.45) is 2.72. The first-order valence-electron chi connectivity index (χ1n) is 8.16. The van der Waals surface area contributed by atoms with Gasteiger partial charge in [-0.25, -0.2) is 9.50 Å². The van der Waals surface area contributed by atoms with E-state index in [1.807, 2.05) is 44.3 Å². The lowest BCUT2D eigenvalue weighted by Gasteiger charge is -2.02. The number of benzene rings is 1. The highest BCUT2D eigenvalue weighted by Crippen LogP contribution is 2.17. The molecule has 0 radical (unpaired) electrons. The van der Waals surface area contributed by atoms with Gasteiger partial charge in [0.15, 0.2) is 0 Å². The minimum Gasteiger partial charge on any atom is -0.361 e. The Morgan fingerprint density at radius 1 is 1.24 bits per heavy atom. The van der Waals surface area contributed by atoms with Gasteiger partial charge in [-0.05, 0) is 38.0 Å². The summed E-state index contributed by atoms with van der Waals surface area (Å²) in [6.45, 7) is 4.32. The molecule has 3 heterocycles. The number of aromatic nitrogens is 5. The number of hydrogen-bond acceptors (Lipinski definition) is 4. The highest BCUT2D eigenvalue weighted by Gasteiger charge is 2.14. The fourth-order valence-corrected chi connectivity index (χ4v) is 2.99. The number of fused-ring (bicyclic) bond motifs is 2. The summed E-state index contributed by atoms with van der Waals surface area (Å²) in [5.74, 6) is 0.293. The normalized spacial score (nSPS) is 11.3. The van der Waals surface area contributed by atoms with E-state index in [1.54, 1.807) is 4.52 Å². The number of amides is 1. The van der Waals surface area contributed by atoms with Crippen LogP contribution in [0.3, 0.4) is 0 Å². The number of nitrogens with one attached hydrogen (secondary N) is 2. The monoisotopic (exact) mass is 334 g/mol. The zero-order chi connectivity index (χ0) is 17.4. The van der Waals surface area contributed by atoms with E-state index >= 15 is 0 Å². The molecule has 0 aliphatic rings. The van der Waals surface area contributed by atoms with Crippen molar-refractivity contribution in [3.63, 3.8) is 0 Å². The Labute approximate surface area is 144 Å². The quantitative estimate of drug-likeness (QED) is 0.599. The van der Waals surface area contributed by atoms with Gasteiger partial charge in [0.1, 0.15) is 0 Å². The number of rotatable bonds is 4. The lowest BCUT2D eigenvalue weighted by molar-refractivity contribution is 0.0944. The van der Waals surface area contributed by atoms with Crippen LogP contribution in [0.2, 0.25) is 0 Å². The molecule has 2 N–H and O–H groups in total. The number of carbonyl (C=O) groups is 1. The highest BCUT2D eigenvalue weighted by molar-refractivity contribution is 5.90. The van der Waals surface area contributed by atoms with E-state index in [9.17, 15) is 4.79 Å². The van der Waals surface area contributed by atoms with Crippen LogP contribution in [-0.4, -0.2) is 37.0 Å². The molecule has 0 saturated heterocycles. The van der Waals surface area contributed by atoms with Crippen molar-refractivity contribution in [1.82, 2.24) is 29.9 Å². The fourth-order valence-electron chi connectivity index (χ4n) is 2.99. The van der Waals surface area contributed by atoms with Crippen molar-refractivity contribution in [1.29, 1.82) is 0 Å². The molecule has 0 spiro atoms. The summed E-state index contributed by atoms with van der Waals surface area (Å²) in [5, 5.41) is 8.30. The predicted molar refractivity (Wildman–Crippen MR) is 94.6 cm³/mol. The molecular weight excluding hydrogens is 316 g/mol. The molecule has 0 atom stereocenters. The second kappa shape index (κ2) is 6.01. The number of hydrogen-bond donors (Lipinski definition) is 2. The number of aryl methyl sites for hydroxylation is 2. The Bertz CT molecular complexity index is 1080. The molecule has 1 amide bonds. The lowest BCUT2D eigenvalue weighted by atomic mass is 10.1. The third kappa shape index (κ3) is 2.84. The van der Waals surface area contributed by atoms with Crippen molar-refractivity contribution in [2.45, 2.75) is 20.3 Å². The van der Waals surface area contributed by atoms with Crippen molar-refractivity contribution in [2.24, 2.45) is 0 Å². The van der Waals surface area contributed by atoms with Crippen LogP contribution in [0.4, 0.5) is 0 Å². The molecule has 0 aliphatic heterocycles. The first-order chi connectivity index (χ1) is 12.1. The second-order valence-corrected chi connectivity index (χ2v) is 6.05. The van der Waals surface area contributed by atoms with Crippen molar-refractivity contribution in [2.75, 3.05) is 6.54 Å². The summed E-state index contributed by atoms with van der Waals surface area (Å²) < 4.78 is 1.58. The summed E-state index contributed by atoms with van der Waals surface area (Å²) >= 11 is 0. The third-order valence-corrected chi connectivity index (χ3v) is 4.18. The first-order valence-corrected chi connectivity index (χ1v) is 8.16. The summed E-state index contributed by atoms with van der Waals surface area (Å²) in [5.41, 5.74) is 4.02. The lowest BCUT2D eigenvalue weighted by Crippen LogP contribution is -2.26. The minimum absolute atomic E-state index is 0.139. The Morgan fingerprint density at radius 3 is 2.96 bits per heavy atom. The number of para-hydroxylation sites is 1. The molecule has 0 fully saturated rings. The van der Waals surface area contributed by atoms with Crippen LogP contribution in [0.1, 0.15) is 27.6 Å². The van der Waals surface area contributed by atoms with Crippen LogP contribution in [0.25, 0.3) is 16.7 Å². The zero-order valence-corrected chi connectivity index (χ0v) is 14.1. The minimum atomic E-state index is -0.289. The Balaban J connectivity index is 1.46. The number of carbonyl (C=O) groups excluding carboxylic acids is 1. The summed E-state index contributed by atoms with van der Waals surface area (Å²) in [7, 11) is 0.